The molecule has 4 atom stereocenters. The maximum absolute atomic E-state index is 12.6. The summed E-state index contributed by atoms with van der Waals surface area (Å²) in [4.78, 5) is 15.1. The Hall–Kier alpha value is -2.65. The van der Waals surface area contributed by atoms with E-state index in [0.29, 0.717) is 12.8 Å². The summed E-state index contributed by atoms with van der Waals surface area (Å²) in [6.07, 6.45) is 4.74. The molecule has 3 rings (SSSR count). The van der Waals surface area contributed by atoms with Crippen LogP contribution in [0.4, 0.5) is 0 Å². The molecule has 1 heterocycles. The zero-order valence-electron chi connectivity index (χ0n) is 16.5. The van der Waals surface area contributed by atoms with Crippen molar-refractivity contribution in [2.45, 2.75) is 44.5 Å². The van der Waals surface area contributed by atoms with Gasteiger partial charge in [-0.3, -0.25) is 9.69 Å². The minimum absolute atomic E-state index is 0.0288. The van der Waals surface area contributed by atoms with E-state index in [2.05, 4.69) is 73.5 Å². The second-order valence-electron chi connectivity index (χ2n) is 7.37. The van der Waals surface area contributed by atoms with E-state index in [0.717, 1.165) is 6.54 Å². The molecule has 0 radical (unpaired) electrons. The number of hydrogen-bond donors (Lipinski definition) is 0. The number of esters is 1. The van der Waals surface area contributed by atoms with Crippen LogP contribution in [0.2, 0.25) is 0 Å². The molecule has 2 aromatic rings. The van der Waals surface area contributed by atoms with Crippen molar-refractivity contribution in [2.24, 2.45) is 5.92 Å². The van der Waals surface area contributed by atoms with Crippen LogP contribution in [0, 0.1) is 5.92 Å². The van der Waals surface area contributed by atoms with Gasteiger partial charge in [-0.05, 0) is 24.5 Å². The molecule has 0 amide bonds. The van der Waals surface area contributed by atoms with Crippen LogP contribution in [0.3, 0.4) is 0 Å². The van der Waals surface area contributed by atoms with Gasteiger partial charge in [-0.1, -0.05) is 72.8 Å². The Labute approximate surface area is 168 Å². The summed E-state index contributed by atoms with van der Waals surface area (Å²) in [6.45, 7) is 10.7. The summed E-state index contributed by atoms with van der Waals surface area (Å²) in [5, 5.41) is 0. The average molecular weight is 376 g/mol. The summed E-state index contributed by atoms with van der Waals surface area (Å²) >= 11 is 0. The molecule has 0 saturated carbocycles. The third-order valence-corrected chi connectivity index (χ3v) is 5.55. The third-order valence-electron chi connectivity index (χ3n) is 5.55. The molecule has 28 heavy (non-hydrogen) atoms. The van der Waals surface area contributed by atoms with Gasteiger partial charge < -0.3 is 4.74 Å². The van der Waals surface area contributed by atoms with E-state index in [4.69, 9.17) is 4.74 Å². The fourth-order valence-electron chi connectivity index (χ4n) is 4.13. The molecule has 0 bridgehead atoms. The van der Waals surface area contributed by atoms with Gasteiger partial charge in [0.05, 0.1) is 12.0 Å². The Bertz CT molecular complexity index is 787. The van der Waals surface area contributed by atoms with Crippen LogP contribution in [0.1, 0.15) is 36.9 Å². The fraction of sp³-hybridized carbons (Fsp3) is 0.320. The second kappa shape index (κ2) is 9.52. The van der Waals surface area contributed by atoms with Crippen LogP contribution in [0.25, 0.3) is 0 Å². The van der Waals surface area contributed by atoms with Crippen molar-refractivity contribution in [1.29, 1.82) is 0 Å². The lowest BCUT2D eigenvalue weighted by Crippen LogP contribution is -2.45. The molecular weight excluding hydrogens is 346 g/mol. The van der Waals surface area contributed by atoms with Gasteiger partial charge in [0, 0.05) is 19.0 Å². The van der Waals surface area contributed by atoms with E-state index in [9.17, 15) is 4.79 Å². The van der Waals surface area contributed by atoms with Gasteiger partial charge in [-0.15, -0.1) is 13.2 Å². The van der Waals surface area contributed by atoms with Crippen molar-refractivity contribution < 1.29 is 9.53 Å². The first-order valence-corrected chi connectivity index (χ1v) is 9.92. The zero-order valence-corrected chi connectivity index (χ0v) is 16.5. The van der Waals surface area contributed by atoms with Crippen molar-refractivity contribution in [3.63, 3.8) is 0 Å². The van der Waals surface area contributed by atoms with Crippen LogP contribution in [-0.2, 0) is 16.1 Å². The number of carbonyl (C=O) groups is 1. The van der Waals surface area contributed by atoms with Crippen molar-refractivity contribution in [3.05, 3.63) is 97.1 Å². The van der Waals surface area contributed by atoms with Gasteiger partial charge in [0.15, 0.2) is 0 Å². The van der Waals surface area contributed by atoms with Crippen molar-refractivity contribution in [2.75, 3.05) is 0 Å². The Morgan fingerprint density at radius 3 is 2.21 bits per heavy atom. The molecule has 146 valence electrons. The lowest BCUT2D eigenvalue weighted by atomic mass is 9.89. The second-order valence-corrected chi connectivity index (χ2v) is 7.37. The quantitative estimate of drug-likeness (QED) is 0.439. The maximum atomic E-state index is 12.6. The number of cyclic esters (lactones) is 1. The van der Waals surface area contributed by atoms with Gasteiger partial charge in [0.2, 0.25) is 0 Å². The minimum Gasteiger partial charge on any atom is -0.460 e. The van der Waals surface area contributed by atoms with Crippen LogP contribution in [-0.4, -0.2) is 23.0 Å². The van der Waals surface area contributed by atoms with E-state index >= 15 is 0 Å². The van der Waals surface area contributed by atoms with E-state index in [1.54, 1.807) is 0 Å². The highest BCUT2D eigenvalue weighted by Crippen LogP contribution is 2.37. The first kappa shape index (κ1) is 20.1. The first-order chi connectivity index (χ1) is 13.7. The van der Waals surface area contributed by atoms with Gasteiger partial charge in [-0.2, -0.15) is 0 Å². The molecule has 0 N–H and O–H groups in total. The monoisotopic (exact) mass is 375 g/mol. The van der Waals surface area contributed by atoms with E-state index in [1.165, 1.54) is 11.1 Å². The molecule has 0 unspecified atom stereocenters. The molecular formula is C25H29NO2. The van der Waals surface area contributed by atoms with Gasteiger partial charge in [-0.25, -0.2) is 0 Å². The topological polar surface area (TPSA) is 29.5 Å². The number of carbonyl (C=O) groups excluding carboxylic acids is 1. The molecule has 1 aliphatic rings. The highest BCUT2D eigenvalue weighted by atomic mass is 16.6. The first-order valence-electron chi connectivity index (χ1n) is 9.92. The molecule has 0 spiro atoms. The number of allylic oxidation sites excluding steroid dienone is 1. The largest absolute Gasteiger partial charge is 0.460 e. The Morgan fingerprint density at radius 2 is 1.61 bits per heavy atom. The summed E-state index contributed by atoms with van der Waals surface area (Å²) < 4.78 is 5.78. The van der Waals surface area contributed by atoms with E-state index in [-0.39, 0.29) is 30.1 Å². The Kier molecular flexibility index (Phi) is 6.83. The Morgan fingerprint density at radius 1 is 1.00 bits per heavy atom. The smallest absolute Gasteiger partial charge is 0.311 e. The van der Waals surface area contributed by atoms with E-state index < -0.39 is 0 Å². The molecule has 2 aromatic carbocycles. The predicted octanol–water partition coefficient (Wildman–Crippen LogP) is 5.31. The summed E-state index contributed by atoms with van der Waals surface area (Å²) in [6, 6.07) is 20.9. The van der Waals surface area contributed by atoms with Crippen molar-refractivity contribution >= 4 is 5.97 Å². The SMILES string of the molecule is C=CC[C@H]1OC(=O)[C@H](CC=C)[C@H]1N(Cc1ccccc1)[C@@H](C)c1ccccc1. The molecule has 0 aromatic heterocycles. The highest BCUT2D eigenvalue weighted by molar-refractivity contribution is 5.76. The number of rotatable bonds is 9. The van der Waals surface area contributed by atoms with Crippen LogP contribution < -0.4 is 0 Å². The third kappa shape index (κ3) is 4.42. The van der Waals surface area contributed by atoms with Crippen LogP contribution in [0.5, 0.6) is 0 Å². The van der Waals surface area contributed by atoms with E-state index in [1.807, 2.05) is 24.3 Å². The fourth-order valence-corrected chi connectivity index (χ4v) is 4.13. The number of ether oxygens (including phenoxy) is 1. The van der Waals surface area contributed by atoms with Crippen molar-refractivity contribution in [3.8, 4) is 0 Å². The van der Waals surface area contributed by atoms with Crippen LogP contribution in [0.15, 0.2) is 86.0 Å². The highest BCUT2D eigenvalue weighted by Gasteiger charge is 2.47. The lowest BCUT2D eigenvalue weighted by Gasteiger charge is -2.38. The molecule has 1 aliphatic heterocycles. The van der Waals surface area contributed by atoms with Crippen LogP contribution >= 0.6 is 0 Å². The standard InChI is InChI=1S/C25H29NO2/c1-4-12-22-24(23(13-5-2)28-25(22)27)26(18-20-14-8-6-9-15-20)19(3)21-16-10-7-11-17-21/h4-11,14-17,19,22-24H,1-2,12-13,18H2,3H3/t19-,22+,23+,24+/m0/s1. The average Bonchev–Trinajstić information content (AvgIpc) is 3.02. The number of nitrogens with zero attached hydrogens (tertiary/aromatic N) is 1. The van der Waals surface area contributed by atoms with Gasteiger partial charge in [0.25, 0.3) is 0 Å². The normalized spacial score (nSPS) is 22.6. The maximum Gasteiger partial charge on any atom is 0.311 e. The summed E-state index contributed by atoms with van der Waals surface area (Å²) in [5.74, 6) is -0.340. The molecule has 3 nitrogen and oxygen atoms in total. The van der Waals surface area contributed by atoms with Crippen molar-refractivity contribution in [1.82, 2.24) is 4.90 Å². The predicted molar refractivity (Wildman–Crippen MR) is 114 cm³/mol. The molecule has 1 saturated heterocycles. The minimum atomic E-state index is -0.211. The Balaban J connectivity index is 2.00. The molecule has 0 aliphatic carbocycles. The summed E-state index contributed by atoms with van der Waals surface area (Å²) in [7, 11) is 0. The van der Waals surface area contributed by atoms with Gasteiger partial charge >= 0.3 is 5.97 Å². The lowest BCUT2D eigenvalue weighted by molar-refractivity contribution is -0.144. The number of benzene rings is 2. The van der Waals surface area contributed by atoms with Gasteiger partial charge in [0.1, 0.15) is 6.10 Å². The zero-order chi connectivity index (χ0) is 19.9. The molecule has 1 fully saturated rings. The number of hydrogen-bond acceptors (Lipinski definition) is 3. The summed E-state index contributed by atoms with van der Waals surface area (Å²) in [5.41, 5.74) is 2.45. The molecule has 3 heteroatoms.